The van der Waals surface area contributed by atoms with Crippen LogP contribution in [-0.2, 0) is 9.59 Å². The first-order valence-corrected chi connectivity index (χ1v) is 8.30. The molecule has 5 nitrogen and oxygen atoms in total. The monoisotopic (exact) mass is 343 g/mol. The van der Waals surface area contributed by atoms with Gasteiger partial charge >= 0.3 is 0 Å². The molecule has 1 saturated heterocycles. The lowest BCUT2D eigenvalue weighted by Gasteiger charge is -2.13. The van der Waals surface area contributed by atoms with Crippen LogP contribution in [0.5, 0.6) is 0 Å². The van der Waals surface area contributed by atoms with Gasteiger partial charge in [-0.25, -0.2) is 5.01 Å². The number of hydrogen-bond acceptors (Lipinski definition) is 2. The molecule has 128 valence electrons. The highest BCUT2D eigenvalue weighted by Gasteiger charge is 2.34. The average Bonchev–Trinajstić information content (AvgIpc) is 3.22. The Bertz CT molecular complexity index is 1020. The van der Waals surface area contributed by atoms with Gasteiger partial charge in [0.05, 0.1) is 5.69 Å². The van der Waals surface area contributed by atoms with Crippen LogP contribution in [0, 0.1) is 6.92 Å². The van der Waals surface area contributed by atoms with Gasteiger partial charge in [-0.05, 0) is 55.0 Å². The standard InChI is InChI=1S/C21H17N3O2/c1-15-7-5-10-17(13-15)23-12-6-11-18(23)14-19-20(25)22-24(21(19)26)16-8-3-2-4-9-16/h2-14H,1H3,(H,22,25)/b19-14-. The molecular formula is C21H17N3O2. The van der Waals surface area contributed by atoms with E-state index in [1.54, 1.807) is 18.2 Å². The molecule has 0 atom stereocenters. The van der Waals surface area contributed by atoms with Crippen LogP contribution in [0.1, 0.15) is 11.3 Å². The first kappa shape index (κ1) is 15.9. The summed E-state index contributed by atoms with van der Waals surface area (Å²) in [6, 6.07) is 20.9. The fraction of sp³-hybridized carbons (Fsp3) is 0.0476. The zero-order chi connectivity index (χ0) is 18.1. The summed E-state index contributed by atoms with van der Waals surface area (Å²) in [6.45, 7) is 2.02. The average molecular weight is 343 g/mol. The van der Waals surface area contributed by atoms with E-state index in [4.69, 9.17) is 0 Å². The maximum absolute atomic E-state index is 12.7. The van der Waals surface area contributed by atoms with Crippen molar-refractivity contribution in [2.45, 2.75) is 6.92 Å². The Labute approximate surface area is 151 Å². The van der Waals surface area contributed by atoms with E-state index in [1.807, 2.05) is 66.2 Å². The zero-order valence-electron chi connectivity index (χ0n) is 14.2. The third kappa shape index (κ3) is 2.80. The van der Waals surface area contributed by atoms with E-state index in [-0.39, 0.29) is 11.5 Å². The number of nitrogens with zero attached hydrogens (tertiary/aromatic N) is 2. The molecule has 1 aliphatic rings. The molecule has 1 fully saturated rings. The van der Waals surface area contributed by atoms with Crippen LogP contribution in [0.25, 0.3) is 11.8 Å². The zero-order valence-corrected chi connectivity index (χ0v) is 14.2. The Hall–Kier alpha value is -3.60. The van der Waals surface area contributed by atoms with Crippen molar-refractivity contribution in [2.24, 2.45) is 0 Å². The third-order valence-electron chi connectivity index (χ3n) is 4.26. The largest absolute Gasteiger partial charge is 0.317 e. The van der Waals surface area contributed by atoms with Gasteiger partial charge < -0.3 is 4.57 Å². The van der Waals surface area contributed by atoms with Gasteiger partial charge in [-0.2, -0.15) is 0 Å². The van der Waals surface area contributed by atoms with Crippen molar-refractivity contribution in [1.29, 1.82) is 0 Å². The van der Waals surface area contributed by atoms with Crippen LogP contribution >= 0.6 is 0 Å². The molecule has 0 unspecified atom stereocenters. The molecule has 5 heteroatoms. The van der Waals surface area contributed by atoms with E-state index < -0.39 is 5.91 Å². The van der Waals surface area contributed by atoms with E-state index in [2.05, 4.69) is 11.5 Å². The van der Waals surface area contributed by atoms with Crippen LogP contribution < -0.4 is 10.4 Å². The minimum atomic E-state index is -0.407. The summed E-state index contributed by atoms with van der Waals surface area (Å²) in [7, 11) is 0. The number of carbonyl (C=O) groups is 2. The van der Waals surface area contributed by atoms with Gasteiger partial charge in [-0.3, -0.25) is 15.0 Å². The number of hydrogen-bond donors (Lipinski definition) is 1. The van der Waals surface area contributed by atoms with E-state index in [9.17, 15) is 9.59 Å². The van der Waals surface area contributed by atoms with Crippen LogP contribution in [0.3, 0.4) is 0 Å². The first-order valence-electron chi connectivity index (χ1n) is 8.30. The summed E-state index contributed by atoms with van der Waals surface area (Å²) in [5, 5.41) is 1.27. The summed E-state index contributed by atoms with van der Waals surface area (Å²) in [5.74, 6) is -0.769. The minimum Gasteiger partial charge on any atom is -0.317 e. The highest BCUT2D eigenvalue weighted by atomic mass is 16.2. The van der Waals surface area contributed by atoms with Gasteiger partial charge in [0.25, 0.3) is 11.8 Å². The summed E-state index contributed by atoms with van der Waals surface area (Å²) in [4.78, 5) is 25.1. The van der Waals surface area contributed by atoms with Crippen molar-refractivity contribution in [3.8, 4) is 5.69 Å². The van der Waals surface area contributed by atoms with Crippen molar-refractivity contribution in [3.05, 3.63) is 89.8 Å². The molecule has 4 rings (SSSR count). The summed E-state index contributed by atoms with van der Waals surface area (Å²) in [5.41, 5.74) is 6.24. The van der Waals surface area contributed by atoms with Crippen molar-refractivity contribution in [1.82, 2.24) is 9.99 Å². The molecule has 3 aromatic rings. The van der Waals surface area contributed by atoms with Gasteiger partial charge in [-0.1, -0.05) is 30.3 Å². The van der Waals surface area contributed by atoms with Gasteiger partial charge in [0, 0.05) is 17.6 Å². The molecule has 1 aliphatic heterocycles. The Morgan fingerprint density at radius 1 is 0.885 bits per heavy atom. The molecule has 0 spiro atoms. The smallest absolute Gasteiger partial charge is 0.282 e. The lowest BCUT2D eigenvalue weighted by molar-refractivity contribution is -0.117. The van der Waals surface area contributed by atoms with E-state index in [0.29, 0.717) is 5.69 Å². The number of rotatable bonds is 3. The van der Waals surface area contributed by atoms with Crippen molar-refractivity contribution in [2.75, 3.05) is 5.01 Å². The molecule has 2 amide bonds. The third-order valence-corrected chi connectivity index (χ3v) is 4.26. The Morgan fingerprint density at radius 2 is 1.65 bits per heavy atom. The number of benzene rings is 2. The second-order valence-electron chi connectivity index (χ2n) is 6.12. The summed E-state index contributed by atoms with van der Waals surface area (Å²) in [6.07, 6.45) is 3.54. The summed E-state index contributed by atoms with van der Waals surface area (Å²) < 4.78 is 1.95. The highest BCUT2D eigenvalue weighted by Crippen LogP contribution is 2.22. The van der Waals surface area contributed by atoms with E-state index >= 15 is 0 Å². The topological polar surface area (TPSA) is 54.3 Å². The number of anilines is 1. The quantitative estimate of drug-likeness (QED) is 0.586. The van der Waals surface area contributed by atoms with Crippen molar-refractivity contribution >= 4 is 23.6 Å². The minimum absolute atomic E-state index is 0.112. The summed E-state index contributed by atoms with van der Waals surface area (Å²) >= 11 is 0. The number of aromatic nitrogens is 1. The van der Waals surface area contributed by atoms with Gasteiger partial charge in [-0.15, -0.1) is 0 Å². The number of aryl methyl sites for hydroxylation is 1. The lowest BCUT2D eigenvalue weighted by Crippen LogP contribution is -2.35. The number of hydrazine groups is 1. The SMILES string of the molecule is Cc1cccc(-n2cccc2/C=C2/C(=O)NN(c3ccccc3)C2=O)c1. The lowest BCUT2D eigenvalue weighted by atomic mass is 10.2. The molecule has 0 bridgehead atoms. The maximum Gasteiger partial charge on any atom is 0.282 e. The fourth-order valence-electron chi connectivity index (χ4n) is 2.99. The number of amides is 2. The van der Waals surface area contributed by atoms with Crippen LogP contribution in [0.4, 0.5) is 5.69 Å². The Morgan fingerprint density at radius 3 is 2.42 bits per heavy atom. The van der Waals surface area contributed by atoms with Gasteiger partial charge in [0.15, 0.2) is 0 Å². The van der Waals surface area contributed by atoms with Crippen molar-refractivity contribution < 1.29 is 9.59 Å². The molecule has 0 saturated carbocycles. The predicted octanol–water partition coefficient (Wildman–Crippen LogP) is 3.25. The molecule has 26 heavy (non-hydrogen) atoms. The van der Waals surface area contributed by atoms with Crippen molar-refractivity contribution in [3.63, 3.8) is 0 Å². The maximum atomic E-state index is 12.7. The molecule has 1 aromatic heterocycles. The number of nitrogens with one attached hydrogen (secondary N) is 1. The molecule has 0 radical (unpaired) electrons. The van der Waals surface area contributed by atoms with E-state index in [1.165, 1.54) is 5.01 Å². The molecular weight excluding hydrogens is 326 g/mol. The molecule has 1 N–H and O–H groups in total. The second kappa shape index (κ2) is 6.37. The Balaban J connectivity index is 1.71. The fourth-order valence-corrected chi connectivity index (χ4v) is 2.99. The van der Waals surface area contributed by atoms with Gasteiger partial charge in [0.2, 0.25) is 0 Å². The van der Waals surface area contributed by atoms with Gasteiger partial charge in [0.1, 0.15) is 5.57 Å². The normalized spacial score (nSPS) is 15.6. The molecule has 0 aliphatic carbocycles. The number of para-hydroxylation sites is 1. The highest BCUT2D eigenvalue weighted by molar-refractivity contribution is 6.31. The van der Waals surface area contributed by atoms with Crippen LogP contribution in [0.15, 0.2) is 78.5 Å². The second-order valence-corrected chi connectivity index (χ2v) is 6.12. The number of carbonyl (C=O) groups excluding carboxylic acids is 2. The Kier molecular flexibility index (Phi) is 3.89. The first-order chi connectivity index (χ1) is 12.6. The van der Waals surface area contributed by atoms with Crippen LogP contribution in [-0.4, -0.2) is 16.4 Å². The predicted molar refractivity (Wildman–Crippen MR) is 101 cm³/mol. The van der Waals surface area contributed by atoms with Crippen LogP contribution in [0.2, 0.25) is 0 Å². The van der Waals surface area contributed by atoms with E-state index in [0.717, 1.165) is 16.9 Å². The molecule has 2 aromatic carbocycles. The molecule has 2 heterocycles.